The zero-order valence-corrected chi connectivity index (χ0v) is 14.1. The van der Waals surface area contributed by atoms with Crippen LogP contribution in [0.15, 0.2) is 48.5 Å². The Kier molecular flexibility index (Phi) is 5.06. The van der Waals surface area contributed by atoms with Crippen molar-refractivity contribution in [1.82, 2.24) is 0 Å². The summed E-state index contributed by atoms with van der Waals surface area (Å²) >= 11 is 5.82. The van der Waals surface area contributed by atoms with E-state index in [0.717, 1.165) is 5.56 Å². The van der Waals surface area contributed by atoms with Crippen molar-refractivity contribution in [2.75, 3.05) is 10.6 Å². The summed E-state index contributed by atoms with van der Waals surface area (Å²) in [6, 6.07) is 14.2. The van der Waals surface area contributed by atoms with Crippen LogP contribution < -0.4 is 10.6 Å². The highest BCUT2D eigenvalue weighted by Gasteiger charge is 2.36. The molecule has 0 spiro atoms. The second-order valence-electron chi connectivity index (χ2n) is 5.86. The van der Waals surface area contributed by atoms with E-state index in [4.69, 9.17) is 11.6 Å². The van der Waals surface area contributed by atoms with Crippen LogP contribution >= 0.6 is 11.6 Å². The highest BCUT2D eigenvalue weighted by atomic mass is 35.5. The highest BCUT2D eigenvalue weighted by molar-refractivity contribution is 6.30. The van der Waals surface area contributed by atoms with Crippen LogP contribution in [-0.2, 0) is 9.59 Å². The van der Waals surface area contributed by atoms with E-state index in [0.29, 0.717) is 16.4 Å². The maximum atomic E-state index is 12.5. The lowest BCUT2D eigenvalue weighted by Gasteiger charge is -2.23. The third-order valence-corrected chi connectivity index (χ3v) is 3.88. The fourth-order valence-electron chi connectivity index (χ4n) is 1.92. The third-order valence-electron chi connectivity index (χ3n) is 3.63. The SMILES string of the molecule is Cc1ccccc1NC(=O)C(C)(C)C(=O)Nc1ccc(Cl)cc1. The molecule has 2 aromatic carbocycles. The van der Waals surface area contributed by atoms with Gasteiger partial charge in [0.1, 0.15) is 5.41 Å². The molecule has 0 heterocycles. The number of carbonyl (C=O) groups is 2. The summed E-state index contributed by atoms with van der Waals surface area (Å²) in [5.41, 5.74) is 1.01. The number of carbonyl (C=O) groups excluding carboxylic acids is 2. The number of hydrogen-bond donors (Lipinski definition) is 2. The van der Waals surface area contributed by atoms with E-state index in [1.807, 2.05) is 25.1 Å². The fraction of sp³-hybridized carbons (Fsp3) is 0.222. The van der Waals surface area contributed by atoms with Gasteiger partial charge in [-0.15, -0.1) is 0 Å². The molecule has 0 aliphatic rings. The number of amides is 2. The molecule has 0 aliphatic heterocycles. The van der Waals surface area contributed by atoms with Crippen molar-refractivity contribution in [3.63, 3.8) is 0 Å². The summed E-state index contributed by atoms with van der Waals surface area (Å²) in [6.45, 7) is 5.08. The zero-order chi connectivity index (χ0) is 17.0. The van der Waals surface area contributed by atoms with Crippen LogP contribution in [0.5, 0.6) is 0 Å². The Hall–Kier alpha value is -2.33. The molecule has 0 aromatic heterocycles. The van der Waals surface area contributed by atoms with Gasteiger partial charge in [0.2, 0.25) is 11.8 Å². The van der Waals surface area contributed by atoms with Crippen molar-refractivity contribution < 1.29 is 9.59 Å². The average molecular weight is 331 g/mol. The Labute approximate surface area is 140 Å². The van der Waals surface area contributed by atoms with Gasteiger partial charge >= 0.3 is 0 Å². The molecule has 120 valence electrons. The lowest BCUT2D eigenvalue weighted by atomic mass is 9.90. The van der Waals surface area contributed by atoms with Crippen LogP contribution in [0.25, 0.3) is 0 Å². The largest absolute Gasteiger partial charge is 0.325 e. The molecule has 23 heavy (non-hydrogen) atoms. The van der Waals surface area contributed by atoms with E-state index in [1.54, 1.807) is 44.2 Å². The first-order chi connectivity index (χ1) is 10.8. The Morgan fingerprint density at radius 1 is 0.913 bits per heavy atom. The van der Waals surface area contributed by atoms with Gasteiger partial charge in [-0.1, -0.05) is 29.8 Å². The minimum atomic E-state index is -1.22. The van der Waals surface area contributed by atoms with Gasteiger partial charge in [-0.2, -0.15) is 0 Å². The van der Waals surface area contributed by atoms with Gasteiger partial charge in [0.25, 0.3) is 0 Å². The fourth-order valence-corrected chi connectivity index (χ4v) is 2.04. The van der Waals surface area contributed by atoms with Crippen LogP contribution in [-0.4, -0.2) is 11.8 Å². The van der Waals surface area contributed by atoms with E-state index >= 15 is 0 Å². The summed E-state index contributed by atoms with van der Waals surface area (Å²) < 4.78 is 0. The lowest BCUT2D eigenvalue weighted by molar-refractivity contribution is -0.135. The summed E-state index contributed by atoms with van der Waals surface area (Å²) in [5, 5.41) is 6.12. The van der Waals surface area contributed by atoms with Crippen LogP contribution in [0.1, 0.15) is 19.4 Å². The van der Waals surface area contributed by atoms with Crippen molar-refractivity contribution in [3.05, 3.63) is 59.1 Å². The molecule has 0 aliphatic carbocycles. The molecule has 0 saturated heterocycles. The molecule has 2 aromatic rings. The predicted molar refractivity (Wildman–Crippen MR) is 93.7 cm³/mol. The molecular formula is C18H19ClN2O2. The number of anilines is 2. The average Bonchev–Trinajstić information content (AvgIpc) is 2.51. The Morgan fingerprint density at radius 2 is 1.48 bits per heavy atom. The summed E-state index contributed by atoms with van der Waals surface area (Å²) in [6.07, 6.45) is 0. The van der Waals surface area contributed by atoms with Crippen LogP contribution in [0, 0.1) is 12.3 Å². The van der Waals surface area contributed by atoms with Crippen LogP contribution in [0.2, 0.25) is 5.02 Å². The first-order valence-corrected chi connectivity index (χ1v) is 7.62. The smallest absolute Gasteiger partial charge is 0.239 e. The van der Waals surface area contributed by atoms with Crippen molar-refractivity contribution in [2.24, 2.45) is 5.41 Å². The van der Waals surface area contributed by atoms with E-state index in [1.165, 1.54) is 0 Å². The maximum Gasteiger partial charge on any atom is 0.239 e. The van der Waals surface area contributed by atoms with E-state index < -0.39 is 5.41 Å². The summed E-state index contributed by atoms with van der Waals surface area (Å²) in [4.78, 5) is 24.9. The first kappa shape index (κ1) is 17.0. The number of rotatable bonds is 4. The minimum absolute atomic E-state index is 0.363. The number of benzene rings is 2. The lowest BCUT2D eigenvalue weighted by Crippen LogP contribution is -2.41. The van der Waals surface area contributed by atoms with Gasteiger partial charge < -0.3 is 10.6 Å². The molecule has 0 saturated carbocycles. The molecule has 2 N–H and O–H groups in total. The molecule has 5 heteroatoms. The first-order valence-electron chi connectivity index (χ1n) is 7.25. The molecule has 4 nitrogen and oxygen atoms in total. The van der Waals surface area contributed by atoms with Crippen molar-refractivity contribution >= 4 is 34.8 Å². The van der Waals surface area contributed by atoms with Gasteiger partial charge in [-0.05, 0) is 56.7 Å². The highest BCUT2D eigenvalue weighted by Crippen LogP contribution is 2.23. The maximum absolute atomic E-state index is 12.5. The summed E-state index contributed by atoms with van der Waals surface area (Å²) in [5.74, 6) is -0.746. The minimum Gasteiger partial charge on any atom is -0.325 e. The van der Waals surface area contributed by atoms with Crippen molar-refractivity contribution in [3.8, 4) is 0 Å². The molecule has 0 fully saturated rings. The van der Waals surface area contributed by atoms with Crippen LogP contribution in [0.3, 0.4) is 0 Å². The quantitative estimate of drug-likeness (QED) is 0.823. The Balaban J connectivity index is 2.10. The van der Waals surface area contributed by atoms with Gasteiger partial charge in [-0.3, -0.25) is 9.59 Å². The van der Waals surface area contributed by atoms with E-state index in [2.05, 4.69) is 10.6 Å². The molecule has 0 atom stereocenters. The topological polar surface area (TPSA) is 58.2 Å². The number of hydrogen-bond acceptors (Lipinski definition) is 2. The third kappa shape index (κ3) is 4.11. The van der Waals surface area contributed by atoms with Gasteiger partial charge in [0.05, 0.1) is 0 Å². The summed E-state index contributed by atoms with van der Waals surface area (Å²) in [7, 11) is 0. The molecule has 0 bridgehead atoms. The van der Waals surface area contributed by atoms with Crippen molar-refractivity contribution in [1.29, 1.82) is 0 Å². The zero-order valence-electron chi connectivity index (χ0n) is 13.3. The van der Waals surface area contributed by atoms with Crippen LogP contribution in [0.4, 0.5) is 11.4 Å². The molecule has 2 rings (SSSR count). The number of nitrogens with one attached hydrogen (secondary N) is 2. The number of aryl methyl sites for hydroxylation is 1. The second kappa shape index (κ2) is 6.84. The Bertz CT molecular complexity index is 724. The predicted octanol–water partition coefficient (Wildman–Crippen LogP) is 4.25. The van der Waals surface area contributed by atoms with Crippen molar-refractivity contribution in [2.45, 2.75) is 20.8 Å². The second-order valence-corrected chi connectivity index (χ2v) is 6.29. The van der Waals surface area contributed by atoms with E-state index in [9.17, 15) is 9.59 Å². The number of para-hydroxylation sites is 1. The monoisotopic (exact) mass is 330 g/mol. The molecule has 2 amide bonds. The van der Waals surface area contributed by atoms with Gasteiger partial charge in [0.15, 0.2) is 0 Å². The normalized spacial score (nSPS) is 11.0. The van der Waals surface area contributed by atoms with Gasteiger partial charge in [0, 0.05) is 16.4 Å². The molecule has 0 radical (unpaired) electrons. The Morgan fingerprint density at radius 3 is 2.09 bits per heavy atom. The van der Waals surface area contributed by atoms with Gasteiger partial charge in [-0.25, -0.2) is 0 Å². The molecule has 0 unspecified atom stereocenters. The number of halogens is 1. The molecular weight excluding hydrogens is 312 g/mol. The van der Waals surface area contributed by atoms with E-state index in [-0.39, 0.29) is 11.8 Å². The standard InChI is InChI=1S/C18H19ClN2O2/c1-12-6-4-5-7-15(12)21-17(23)18(2,3)16(22)20-14-10-8-13(19)9-11-14/h4-11H,1-3H3,(H,20,22)(H,21,23).